The molecule has 3 atom stereocenters. The molecule has 3 unspecified atom stereocenters. The normalized spacial score (nSPS) is 17.1. The molecule has 0 aliphatic heterocycles. The van der Waals surface area contributed by atoms with Crippen molar-refractivity contribution in [1.82, 2.24) is 4.90 Å². The van der Waals surface area contributed by atoms with E-state index in [0.29, 0.717) is 13.1 Å². The van der Waals surface area contributed by atoms with Gasteiger partial charge in [-0.05, 0) is 26.3 Å². The molecule has 0 bridgehead atoms. The van der Waals surface area contributed by atoms with E-state index in [4.69, 9.17) is 28.7 Å². The standard InChI is InChI=1S/C11H30N6/c1-9(14)11(16)17(8-7-13)10(15)5-3-2-4-6-12/h9-11H,2-8,12-16H2,1H3. The smallest absolute Gasteiger partial charge is 0.0738 e. The summed E-state index contributed by atoms with van der Waals surface area (Å²) in [5.41, 5.74) is 29.0. The van der Waals surface area contributed by atoms with Crippen molar-refractivity contribution in [2.24, 2.45) is 28.7 Å². The molecule has 104 valence electrons. The molecule has 0 aliphatic carbocycles. The minimum Gasteiger partial charge on any atom is -0.330 e. The van der Waals surface area contributed by atoms with Gasteiger partial charge in [0.1, 0.15) is 0 Å². The van der Waals surface area contributed by atoms with Gasteiger partial charge in [0, 0.05) is 19.1 Å². The molecule has 0 saturated heterocycles. The summed E-state index contributed by atoms with van der Waals surface area (Å²) in [6.45, 7) is 3.84. The third-order valence-corrected chi connectivity index (χ3v) is 2.94. The van der Waals surface area contributed by atoms with Gasteiger partial charge in [0.2, 0.25) is 0 Å². The van der Waals surface area contributed by atoms with E-state index in [2.05, 4.69) is 0 Å². The first-order valence-corrected chi connectivity index (χ1v) is 6.47. The van der Waals surface area contributed by atoms with E-state index < -0.39 is 0 Å². The highest BCUT2D eigenvalue weighted by atomic mass is 15.3. The van der Waals surface area contributed by atoms with Crippen molar-refractivity contribution in [2.45, 2.75) is 51.0 Å². The van der Waals surface area contributed by atoms with Gasteiger partial charge < -0.3 is 28.7 Å². The lowest BCUT2D eigenvalue weighted by atomic mass is 10.1. The lowest BCUT2D eigenvalue weighted by Crippen LogP contribution is -2.59. The molecule has 0 aromatic rings. The van der Waals surface area contributed by atoms with Crippen LogP contribution < -0.4 is 28.7 Å². The predicted octanol–water partition coefficient (Wildman–Crippen LogP) is -1.32. The molecular formula is C11H30N6. The second-order valence-corrected chi connectivity index (χ2v) is 4.58. The van der Waals surface area contributed by atoms with Crippen LogP contribution in [0.25, 0.3) is 0 Å². The molecule has 0 aromatic carbocycles. The summed E-state index contributed by atoms with van der Waals surface area (Å²) in [5.74, 6) is 0. The zero-order chi connectivity index (χ0) is 13.3. The van der Waals surface area contributed by atoms with E-state index in [0.717, 1.165) is 32.2 Å². The van der Waals surface area contributed by atoms with Gasteiger partial charge in [-0.3, -0.25) is 4.90 Å². The average Bonchev–Trinajstić information content (AvgIpc) is 2.30. The molecule has 0 saturated carbocycles. The van der Waals surface area contributed by atoms with Crippen molar-refractivity contribution in [3.63, 3.8) is 0 Å². The molecule has 0 aromatic heterocycles. The Morgan fingerprint density at radius 3 is 2.06 bits per heavy atom. The molecular weight excluding hydrogens is 216 g/mol. The maximum absolute atomic E-state index is 6.13. The lowest BCUT2D eigenvalue weighted by Gasteiger charge is -2.35. The summed E-state index contributed by atoms with van der Waals surface area (Å²) in [7, 11) is 0. The average molecular weight is 246 g/mol. The summed E-state index contributed by atoms with van der Waals surface area (Å²) < 4.78 is 0. The summed E-state index contributed by atoms with van der Waals surface area (Å²) in [4.78, 5) is 1.99. The Morgan fingerprint density at radius 2 is 1.59 bits per heavy atom. The van der Waals surface area contributed by atoms with Crippen LogP contribution in [-0.2, 0) is 0 Å². The Hall–Kier alpha value is -0.240. The van der Waals surface area contributed by atoms with Crippen molar-refractivity contribution >= 4 is 0 Å². The summed E-state index contributed by atoms with van der Waals surface area (Å²) >= 11 is 0. The van der Waals surface area contributed by atoms with Crippen molar-refractivity contribution in [2.75, 3.05) is 19.6 Å². The molecule has 0 spiro atoms. The number of hydrogen-bond donors (Lipinski definition) is 5. The first kappa shape index (κ1) is 16.8. The minimum absolute atomic E-state index is 0.0719. The van der Waals surface area contributed by atoms with Crippen LogP contribution in [0.4, 0.5) is 0 Å². The molecule has 6 heteroatoms. The van der Waals surface area contributed by atoms with E-state index in [1.165, 1.54) is 0 Å². The minimum atomic E-state index is -0.233. The van der Waals surface area contributed by atoms with E-state index >= 15 is 0 Å². The number of rotatable bonds is 10. The number of hydrogen-bond acceptors (Lipinski definition) is 6. The molecule has 0 radical (unpaired) electrons. The van der Waals surface area contributed by atoms with Crippen LogP contribution in [0.2, 0.25) is 0 Å². The number of nitrogens with two attached hydrogens (primary N) is 5. The SMILES string of the molecule is CC(N)C(N)N(CCN)C(N)CCCCCN. The topological polar surface area (TPSA) is 133 Å². The van der Waals surface area contributed by atoms with Crippen LogP contribution in [-0.4, -0.2) is 42.9 Å². The van der Waals surface area contributed by atoms with Gasteiger partial charge in [-0.2, -0.15) is 0 Å². The van der Waals surface area contributed by atoms with Gasteiger partial charge in [-0.1, -0.05) is 12.8 Å². The Balaban J connectivity index is 4.09. The maximum atomic E-state index is 6.13. The van der Waals surface area contributed by atoms with Gasteiger partial charge >= 0.3 is 0 Å². The van der Waals surface area contributed by atoms with E-state index in [1.807, 2.05) is 11.8 Å². The third-order valence-electron chi connectivity index (χ3n) is 2.94. The first-order chi connectivity index (χ1) is 8.04. The lowest BCUT2D eigenvalue weighted by molar-refractivity contribution is 0.119. The van der Waals surface area contributed by atoms with Gasteiger partial charge in [0.25, 0.3) is 0 Å². The highest BCUT2D eigenvalue weighted by Crippen LogP contribution is 2.08. The highest BCUT2D eigenvalue weighted by molar-refractivity contribution is 4.78. The zero-order valence-corrected chi connectivity index (χ0v) is 11.0. The summed E-state index contributed by atoms with van der Waals surface area (Å²) in [6.07, 6.45) is 3.81. The monoisotopic (exact) mass is 246 g/mol. The second kappa shape index (κ2) is 9.76. The third kappa shape index (κ3) is 6.92. The van der Waals surface area contributed by atoms with Crippen molar-refractivity contribution in [1.29, 1.82) is 0 Å². The number of unbranched alkanes of at least 4 members (excludes halogenated alkanes) is 2. The molecule has 0 amide bonds. The van der Waals surface area contributed by atoms with E-state index in [-0.39, 0.29) is 18.4 Å². The molecule has 10 N–H and O–H groups in total. The van der Waals surface area contributed by atoms with Crippen LogP contribution in [0.5, 0.6) is 0 Å². The molecule has 0 heterocycles. The quantitative estimate of drug-likeness (QED) is 0.240. The van der Waals surface area contributed by atoms with Crippen LogP contribution >= 0.6 is 0 Å². The maximum Gasteiger partial charge on any atom is 0.0738 e. The Kier molecular flexibility index (Phi) is 9.62. The fourth-order valence-electron chi connectivity index (χ4n) is 1.83. The molecule has 0 aliphatic rings. The molecule has 17 heavy (non-hydrogen) atoms. The zero-order valence-electron chi connectivity index (χ0n) is 11.0. The highest BCUT2D eigenvalue weighted by Gasteiger charge is 2.22. The fourth-order valence-corrected chi connectivity index (χ4v) is 1.83. The Morgan fingerprint density at radius 1 is 0.941 bits per heavy atom. The molecule has 6 nitrogen and oxygen atoms in total. The second-order valence-electron chi connectivity index (χ2n) is 4.58. The predicted molar refractivity (Wildman–Crippen MR) is 72.9 cm³/mol. The van der Waals surface area contributed by atoms with Crippen molar-refractivity contribution in [3.8, 4) is 0 Å². The molecule has 0 rings (SSSR count). The summed E-state index contributed by atoms with van der Waals surface area (Å²) in [6, 6.07) is -0.114. The van der Waals surface area contributed by atoms with Crippen LogP contribution in [0.15, 0.2) is 0 Å². The van der Waals surface area contributed by atoms with Crippen LogP contribution in [0, 0.1) is 0 Å². The van der Waals surface area contributed by atoms with Gasteiger partial charge in [0.15, 0.2) is 0 Å². The van der Waals surface area contributed by atoms with E-state index in [1.54, 1.807) is 0 Å². The van der Waals surface area contributed by atoms with Gasteiger partial charge in [-0.15, -0.1) is 0 Å². The van der Waals surface area contributed by atoms with Crippen LogP contribution in [0.3, 0.4) is 0 Å². The molecule has 0 fully saturated rings. The fraction of sp³-hybridized carbons (Fsp3) is 1.00. The van der Waals surface area contributed by atoms with Crippen LogP contribution in [0.1, 0.15) is 32.6 Å². The largest absolute Gasteiger partial charge is 0.330 e. The number of nitrogens with zero attached hydrogens (tertiary/aromatic N) is 1. The Bertz CT molecular complexity index is 175. The Labute approximate surface area is 105 Å². The van der Waals surface area contributed by atoms with Gasteiger partial charge in [0.05, 0.1) is 12.3 Å². The van der Waals surface area contributed by atoms with Gasteiger partial charge in [-0.25, -0.2) is 0 Å². The van der Waals surface area contributed by atoms with Crippen molar-refractivity contribution in [3.05, 3.63) is 0 Å². The van der Waals surface area contributed by atoms with Crippen molar-refractivity contribution < 1.29 is 0 Å². The first-order valence-electron chi connectivity index (χ1n) is 6.47. The summed E-state index contributed by atoms with van der Waals surface area (Å²) in [5, 5.41) is 0. The van der Waals surface area contributed by atoms with E-state index in [9.17, 15) is 0 Å².